The van der Waals surface area contributed by atoms with Crippen LogP contribution in [0.3, 0.4) is 0 Å². The highest BCUT2D eigenvalue weighted by molar-refractivity contribution is 6.31. The highest BCUT2D eigenvalue weighted by atomic mass is 35.5. The molecule has 26 heavy (non-hydrogen) atoms. The van der Waals surface area contributed by atoms with Crippen molar-refractivity contribution in [3.05, 3.63) is 63.7 Å². The minimum absolute atomic E-state index is 0.139. The predicted octanol–water partition coefficient (Wildman–Crippen LogP) is 2.60. The third-order valence-corrected chi connectivity index (χ3v) is 4.89. The molecule has 1 aromatic heterocycles. The molecule has 1 saturated heterocycles. The van der Waals surface area contributed by atoms with Gasteiger partial charge in [0.05, 0.1) is 17.4 Å². The first kappa shape index (κ1) is 16.9. The van der Waals surface area contributed by atoms with E-state index in [0.29, 0.717) is 28.3 Å². The Morgan fingerprint density at radius 2 is 1.92 bits per heavy atom. The molecule has 6 nitrogen and oxygen atoms in total. The van der Waals surface area contributed by atoms with Crippen LogP contribution in [0.15, 0.2) is 47.3 Å². The number of aromatic amines is 1. The number of fused-ring (bicyclic) bond motifs is 1. The number of halogens is 1. The predicted molar refractivity (Wildman–Crippen MR) is 103 cm³/mol. The van der Waals surface area contributed by atoms with Gasteiger partial charge in [-0.25, -0.2) is 4.98 Å². The number of benzene rings is 2. The summed E-state index contributed by atoms with van der Waals surface area (Å²) >= 11 is 6.01. The van der Waals surface area contributed by atoms with Crippen molar-refractivity contribution in [1.82, 2.24) is 14.9 Å². The van der Waals surface area contributed by atoms with Crippen molar-refractivity contribution >= 4 is 28.2 Å². The first-order chi connectivity index (χ1) is 12.6. The van der Waals surface area contributed by atoms with Crippen molar-refractivity contribution in [3.63, 3.8) is 0 Å². The number of nitrogens with zero attached hydrogens (tertiary/aromatic N) is 3. The summed E-state index contributed by atoms with van der Waals surface area (Å²) in [6, 6.07) is 12.4. The molecule has 0 unspecified atom stereocenters. The summed E-state index contributed by atoms with van der Waals surface area (Å²) in [5, 5.41) is 10.8. The first-order valence-electron chi connectivity index (χ1n) is 8.53. The second-order valence-electron chi connectivity index (χ2n) is 6.46. The largest absolute Gasteiger partial charge is 0.508 e. The summed E-state index contributed by atoms with van der Waals surface area (Å²) in [4.78, 5) is 24.2. The molecule has 0 radical (unpaired) electrons. The number of aromatic nitrogens is 2. The van der Waals surface area contributed by atoms with E-state index in [-0.39, 0.29) is 11.3 Å². The standard InChI is InChI=1S/C19H19ClN4O2/c20-13-4-5-16-17(10-13)21-18(22-19(16)26)12-23-6-8-24(9-7-23)14-2-1-3-15(25)11-14/h1-5,10-11,25H,6-9,12H2,(H,21,22,26). The molecule has 0 saturated carbocycles. The molecule has 2 N–H and O–H groups in total. The molecule has 0 aliphatic carbocycles. The Kier molecular flexibility index (Phi) is 4.53. The SMILES string of the molecule is O=c1[nH]c(CN2CCN(c3cccc(O)c3)CC2)nc2cc(Cl)ccc12. The maximum atomic E-state index is 12.2. The summed E-state index contributed by atoms with van der Waals surface area (Å²) < 4.78 is 0. The molecule has 0 atom stereocenters. The molecule has 2 heterocycles. The van der Waals surface area contributed by atoms with E-state index in [0.717, 1.165) is 31.9 Å². The monoisotopic (exact) mass is 370 g/mol. The Hall–Kier alpha value is -2.57. The van der Waals surface area contributed by atoms with E-state index in [1.54, 1.807) is 30.3 Å². The average Bonchev–Trinajstić information content (AvgIpc) is 2.62. The number of anilines is 1. The van der Waals surface area contributed by atoms with Gasteiger partial charge in [0.25, 0.3) is 5.56 Å². The van der Waals surface area contributed by atoms with Gasteiger partial charge in [-0.2, -0.15) is 0 Å². The second kappa shape index (κ2) is 6.97. The van der Waals surface area contributed by atoms with Crippen LogP contribution >= 0.6 is 11.6 Å². The molecule has 0 bridgehead atoms. The third kappa shape index (κ3) is 3.52. The van der Waals surface area contributed by atoms with Crippen LogP contribution in [0.1, 0.15) is 5.82 Å². The maximum Gasteiger partial charge on any atom is 0.258 e. The van der Waals surface area contributed by atoms with Gasteiger partial charge in [0.2, 0.25) is 0 Å². The van der Waals surface area contributed by atoms with E-state index in [9.17, 15) is 9.90 Å². The Morgan fingerprint density at radius 3 is 2.69 bits per heavy atom. The van der Waals surface area contributed by atoms with Gasteiger partial charge in [0.15, 0.2) is 0 Å². The quantitative estimate of drug-likeness (QED) is 0.741. The highest BCUT2D eigenvalue weighted by Gasteiger charge is 2.18. The van der Waals surface area contributed by atoms with Gasteiger partial charge in [-0.15, -0.1) is 0 Å². The third-order valence-electron chi connectivity index (χ3n) is 4.66. The van der Waals surface area contributed by atoms with Crippen molar-refractivity contribution in [3.8, 4) is 5.75 Å². The number of piperazine rings is 1. The number of H-pyrrole nitrogens is 1. The molecular weight excluding hydrogens is 352 g/mol. The highest BCUT2D eigenvalue weighted by Crippen LogP contribution is 2.21. The van der Waals surface area contributed by atoms with Gasteiger partial charge in [0.1, 0.15) is 11.6 Å². The lowest BCUT2D eigenvalue weighted by Crippen LogP contribution is -2.46. The molecule has 0 spiro atoms. The minimum atomic E-state index is -0.139. The van der Waals surface area contributed by atoms with Gasteiger partial charge in [0, 0.05) is 43.0 Å². The minimum Gasteiger partial charge on any atom is -0.508 e. The van der Waals surface area contributed by atoms with Crippen LogP contribution in [-0.4, -0.2) is 46.2 Å². The smallest absolute Gasteiger partial charge is 0.258 e. The Labute approximate surface area is 155 Å². The lowest BCUT2D eigenvalue weighted by Gasteiger charge is -2.35. The fourth-order valence-electron chi connectivity index (χ4n) is 3.30. The molecule has 1 aliphatic heterocycles. The van der Waals surface area contributed by atoms with Crippen LogP contribution in [0, 0.1) is 0 Å². The molecule has 134 valence electrons. The number of phenols is 1. The van der Waals surface area contributed by atoms with Crippen LogP contribution in [0.2, 0.25) is 5.02 Å². The van der Waals surface area contributed by atoms with Gasteiger partial charge in [-0.1, -0.05) is 17.7 Å². The van der Waals surface area contributed by atoms with Crippen molar-refractivity contribution in [2.75, 3.05) is 31.1 Å². The molecule has 7 heteroatoms. The zero-order valence-electron chi connectivity index (χ0n) is 14.2. The van der Waals surface area contributed by atoms with E-state index in [1.165, 1.54) is 0 Å². The first-order valence-corrected chi connectivity index (χ1v) is 8.91. The van der Waals surface area contributed by atoms with Crippen LogP contribution < -0.4 is 10.5 Å². The zero-order valence-corrected chi connectivity index (χ0v) is 14.9. The van der Waals surface area contributed by atoms with E-state index in [2.05, 4.69) is 19.8 Å². The fourth-order valence-corrected chi connectivity index (χ4v) is 3.47. The van der Waals surface area contributed by atoms with E-state index >= 15 is 0 Å². The van der Waals surface area contributed by atoms with Crippen LogP contribution in [-0.2, 0) is 6.54 Å². The topological polar surface area (TPSA) is 72.5 Å². The number of hydrogen-bond acceptors (Lipinski definition) is 5. The second-order valence-corrected chi connectivity index (χ2v) is 6.89. The number of aromatic hydroxyl groups is 1. The number of nitrogens with one attached hydrogen (secondary N) is 1. The van der Waals surface area contributed by atoms with Gasteiger partial charge >= 0.3 is 0 Å². The lowest BCUT2D eigenvalue weighted by atomic mass is 10.2. The van der Waals surface area contributed by atoms with Gasteiger partial charge < -0.3 is 15.0 Å². The summed E-state index contributed by atoms with van der Waals surface area (Å²) in [6.07, 6.45) is 0. The normalized spacial score (nSPS) is 15.5. The summed E-state index contributed by atoms with van der Waals surface area (Å²) in [5.41, 5.74) is 1.51. The summed E-state index contributed by atoms with van der Waals surface area (Å²) in [7, 11) is 0. The van der Waals surface area contributed by atoms with Gasteiger partial charge in [-0.3, -0.25) is 9.69 Å². The molecule has 4 rings (SSSR count). The lowest BCUT2D eigenvalue weighted by molar-refractivity contribution is 0.244. The van der Waals surface area contributed by atoms with Crippen molar-refractivity contribution in [2.45, 2.75) is 6.54 Å². The summed E-state index contributed by atoms with van der Waals surface area (Å²) in [6.45, 7) is 4.01. The number of hydrogen-bond donors (Lipinski definition) is 2. The maximum absolute atomic E-state index is 12.2. The average molecular weight is 371 g/mol. The molecule has 3 aromatic rings. The van der Waals surface area contributed by atoms with E-state index < -0.39 is 0 Å². The Balaban J connectivity index is 1.46. The molecular formula is C19H19ClN4O2. The van der Waals surface area contributed by atoms with Crippen molar-refractivity contribution < 1.29 is 5.11 Å². The van der Waals surface area contributed by atoms with Crippen LogP contribution in [0.5, 0.6) is 5.75 Å². The van der Waals surface area contributed by atoms with Crippen molar-refractivity contribution in [1.29, 1.82) is 0 Å². The van der Waals surface area contributed by atoms with E-state index in [1.807, 2.05) is 12.1 Å². The molecule has 0 amide bonds. The molecule has 2 aromatic carbocycles. The van der Waals surface area contributed by atoms with Crippen LogP contribution in [0.4, 0.5) is 5.69 Å². The number of phenolic OH excluding ortho intramolecular Hbond substituents is 1. The number of rotatable bonds is 3. The van der Waals surface area contributed by atoms with Crippen LogP contribution in [0.25, 0.3) is 10.9 Å². The Bertz CT molecular complexity index is 996. The molecule has 1 fully saturated rings. The zero-order chi connectivity index (χ0) is 18.1. The van der Waals surface area contributed by atoms with E-state index in [4.69, 9.17) is 11.6 Å². The summed E-state index contributed by atoms with van der Waals surface area (Å²) in [5.74, 6) is 0.928. The van der Waals surface area contributed by atoms with Crippen molar-refractivity contribution in [2.24, 2.45) is 0 Å². The van der Waals surface area contributed by atoms with Gasteiger partial charge in [-0.05, 0) is 30.3 Å². The fraction of sp³-hybridized carbons (Fsp3) is 0.263. The Morgan fingerprint density at radius 1 is 1.12 bits per heavy atom. The molecule has 1 aliphatic rings.